The maximum atomic E-state index is 12.2. The van der Waals surface area contributed by atoms with Crippen molar-refractivity contribution in [3.05, 3.63) is 33.8 Å². The standard InChI is InChI=1S/C13H14BrCl2NO/c14-8-13(5-1-2-6-13)17-12(18)10-4-3-9(15)7-11(10)16/h3-4,7H,1-2,5-6,8H2,(H,17,18). The molecule has 0 unspecified atom stereocenters. The molecule has 5 heteroatoms. The van der Waals surface area contributed by atoms with Crippen LogP contribution in [0.15, 0.2) is 18.2 Å². The largest absolute Gasteiger partial charge is 0.346 e. The number of amides is 1. The summed E-state index contributed by atoms with van der Waals surface area (Å²) in [7, 11) is 0. The molecule has 0 aliphatic heterocycles. The second-order valence-electron chi connectivity index (χ2n) is 4.70. The first-order valence-corrected chi connectivity index (χ1v) is 7.78. The molecule has 2 rings (SSSR count). The molecule has 2 nitrogen and oxygen atoms in total. The van der Waals surface area contributed by atoms with E-state index in [9.17, 15) is 4.79 Å². The van der Waals surface area contributed by atoms with Crippen molar-refractivity contribution in [1.82, 2.24) is 5.32 Å². The minimum Gasteiger partial charge on any atom is -0.346 e. The van der Waals surface area contributed by atoms with Gasteiger partial charge >= 0.3 is 0 Å². The third kappa shape index (κ3) is 3.01. The van der Waals surface area contributed by atoms with Crippen LogP contribution in [0.25, 0.3) is 0 Å². The zero-order valence-electron chi connectivity index (χ0n) is 9.81. The molecular weight excluding hydrogens is 337 g/mol. The molecule has 1 aromatic carbocycles. The number of rotatable bonds is 3. The van der Waals surface area contributed by atoms with Crippen LogP contribution in [0.4, 0.5) is 0 Å². The highest BCUT2D eigenvalue weighted by Crippen LogP contribution is 2.32. The molecule has 1 aliphatic rings. The van der Waals surface area contributed by atoms with Crippen molar-refractivity contribution < 1.29 is 4.79 Å². The Hall–Kier alpha value is -0.250. The Labute approximate surface area is 125 Å². The van der Waals surface area contributed by atoms with Crippen molar-refractivity contribution >= 4 is 45.0 Å². The van der Waals surface area contributed by atoms with Crippen LogP contribution in [0.5, 0.6) is 0 Å². The number of halogens is 3. The SMILES string of the molecule is O=C(NC1(CBr)CCCC1)c1ccc(Cl)cc1Cl. The lowest BCUT2D eigenvalue weighted by Gasteiger charge is -2.28. The fraction of sp³-hybridized carbons (Fsp3) is 0.462. The molecule has 0 saturated heterocycles. The Bertz CT molecular complexity index is 458. The molecule has 1 saturated carbocycles. The van der Waals surface area contributed by atoms with Crippen LogP contribution >= 0.6 is 39.1 Å². The minimum absolute atomic E-state index is 0.125. The second kappa shape index (κ2) is 5.81. The minimum atomic E-state index is -0.127. The van der Waals surface area contributed by atoms with Gasteiger partial charge in [0.1, 0.15) is 0 Å². The monoisotopic (exact) mass is 349 g/mol. The highest BCUT2D eigenvalue weighted by Gasteiger charge is 2.34. The van der Waals surface area contributed by atoms with Crippen LogP contribution < -0.4 is 5.32 Å². The van der Waals surface area contributed by atoms with E-state index in [-0.39, 0.29) is 11.4 Å². The van der Waals surface area contributed by atoms with E-state index in [4.69, 9.17) is 23.2 Å². The Morgan fingerprint density at radius 1 is 1.33 bits per heavy atom. The number of benzene rings is 1. The summed E-state index contributed by atoms with van der Waals surface area (Å²) in [5.74, 6) is -0.127. The summed E-state index contributed by atoms with van der Waals surface area (Å²) in [5.41, 5.74) is 0.355. The van der Waals surface area contributed by atoms with Gasteiger partial charge in [-0.15, -0.1) is 0 Å². The number of carbonyl (C=O) groups is 1. The Kier molecular flexibility index (Phi) is 4.57. The van der Waals surface area contributed by atoms with Crippen molar-refractivity contribution in [3.8, 4) is 0 Å². The zero-order chi connectivity index (χ0) is 13.2. The number of hydrogen-bond acceptors (Lipinski definition) is 1. The predicted octanol–water partition coefficient (Wildman–Crippen LogP) is 4.43. The Morgan fingerprint density at radius 2 is 2.00 bits per heavy atom. The van der Waals surface area contributed by atoms with Gasteiger partial charge in [0.2, 0.25) is 0 Å². The van der Waals surface area contributed by atoms with Crippen molar-refractivity contribution in [2.45, 2.75) is 31.2 Å². The van der Waals surface area contributed by atoms with E-state index >= 15 is 0 Å². The first-order chi connectivity index (χ1) is 8.56. The van der Waals surface area contributed by atoms with Gasteiger partial charge in [0.15, 0.2) is 0 Å². The van der Waals surface area contributed by atoms with Crippen molar-refractivity contribution in [1.29, 1.82) is 0 Å². The van der Waals surface area contributed by atoms with Crippen LogP contribution in [-0.2, 0) is 0 Å². The smallest absolute Gasteiger partial charge is 0.253 e. The molecule has 0 bridgehead atoms. The highest BCUT2D eigenvalue weighted by atomic mass is 79.9. The Morgan fingerprint density at radius 3 is 2.56 bits per heavy atom. The molecule has 18 heavy (non-hydrogen) atoms. The summed E-state index contributed by atoms with van der Waals surface area (Å²) in [6.07, 6.45) is 4.32. The molecule has 1 aromatic rings. The molecule has 98 valence electrons. The molecule has 1 N–H and O–H groups in total. The molecule has 0 spiro atoms. The van der Waals surface area contributed by atoms with Crippen molar-refractivity contribution in [2.75, 3.05) is 5.33 Å². The van der Waals surface area contributed by atoms with E-state index in [1.807, 2.05) is 0 Å². The molecule has 1 fully saturated rings. The summed E-state index contributed by atoms with van der Waals surface area (Å²) in [5, 5.41) is 4.81. The zero-order valence-corrected chi connectivity index (χ0v) is 12.9. The molecule has 0 radical (unpaired) electrons. The fourth-order valence-electron chi connectivity index (χ4n) is 2.33. The molecule has 1 aliphatic carbocycles. The van der Waals surface area contributed by atoms with E-state index in [1.54, 1.807) is 18.2 Å². The summed E-state index contributed by atoms with van der Waals surface area (Å²) in [6, 6.07) is 4.93. The third-order valence-electron chi connectivity index (χ3n) is 3.37. The maximum absolute atomic E-state index is 12.2. The number of carbonyl (C=O) groups excluding carboxylic acids is 1. The van der Waals surface area contributed by atoms with E-state index in [0.29, 0.717) is 15.6 Å². The van der Waals surface area contributed by atoms with Crippen molar-refractivity contribution in [2.24, 2.45) is 0 Å². The van der Waals surface area contributed by atoms with Gasteiger partial charge in [-0.05, 0) is 31.0 Å². The molecule has 1 amide bonds. The van der Waals surface area contributed by atoms with Gasteiger partial charge in [-0.3, -0.25) is 4.79 Å². The van der Waals surface area contributed by atoms with Crippen LogP contribution in [0.2, 0.25) is 10.0 Å². The van der Waals surface area contributed by atoms with Gasteiger partial charge in [0.05, 0.1) is 16.1 Å². The average Bonchev–Trinajstić information content (AvgIpc) is 2.78. The first kappa shape index (κ1) is 14.2. The Balaban J connectivity index is 2.16. The normalized spacial score (nSPS) is 17.7. The second-order valence-corrected chi connectivity index (χ2v) is 6.10. The van der Waals surface area contributed by atoms with Crippen LogP contribution in [0.3, 0.4) is 0 Å². The van der Waals surface area contributed by atoms with Crippen LogP contribution in [0, 0.1) is 0 Å². The maximum Gasteiger partial charge on any atom is 0.253 e. The van der Waals surface area contributed by atoms with Gasteiger partial charge in [-0.1, -0.05) is 52.0 Å². The third-order valence-corrected chi connectivity index (χ3v) is 4.99. The van der Waals surface area contributed by atoms with E-state index in [1.165, 1.54) is 0 Å². The number of nitrogens with one attached hydrogen (secondary N) is 1. The lowest BCUT2D eigenvalue weighted by Crippen LogP contribution is -2.47. The van der Waals surface area contributed by atoms with Crippen LogP contribution in [0.1, 0.15) is 36.0 Å². The van der Waals surface area contributed by atoms with Crippen molar-refractivity contribution in [3.63, 3.8) is 0 Å². The summed E-state index contributed by atoms with van der Waals surface area (Å²) in [6.45, 7) is 0. The number of alkyl halides is 1. The van der Waals surface area contributed by atoms with Gasteiger partial charge in [0.25, 0.3) is 5.91 Å². The molecular formula is C13H14BrCl2NO. The topological polar surface area (TPSA) is 29.1 Å². The lowest BCUT2D eigenvalue weighted by atomic mass is 10.00. The van der Waals surface area contributed by atoms with Crippen LogP contribution in [-0.4, -0.2) is 16.8 Å². The molecule has 0 atom stereocenters. The summed E-state index contributed by atoms with van der Waals surface area (Å²) in [4.78, 5) is 12.2. The number of hydrogen-bond donors (Lipinski definition) is 1. The highest BCUT2D eigenvalue weighted by molar-refractivity contribution is 9.09. The molecule has 0 aromatic heterocycles. The average molecular weight is 351 g/mol. The van der Waals surface area contributed by atoms with Gasteiger partial charge in [0, 0.05) is 10.4 Å². The fourth-order valence-corrected chi connectivity index (χ4v) is 3.52. The summed E-state index contributed by atoms with van der Waals surface area (Å²) < 4.78 is 0. The van der Waals surface area contributed by atoms with Gasteiger partial charge in [-0.2, -0.15) is 0 Å². The van der Waals surface area contributed by atoms with Gasteiger partial charge < -0.3 is 5.32 Å². The van der Waals surface area contributed by atoms with E-state index in [0.717, 1.165) is 31.0 Å². The van der Waals surface area contributed by atoms with E-state index < -0.39 is 0 Å². The van der Waals surface area contributed by atoms with E-state index in [2.05, 4.69) is 21.2 Å². The quantitative estimate of drug-likeness (QED) is 0.802. The van der Waals surface area contributed by atoms with Gasteiger partial charge in [-0.25, -0.2) is 0 Å². The summed E-state index contributed by atoms with van der Waals surface area (Å²) >= 11 is 15.4. The molecule has 0 heterocycles. The first-order valence-electron chi connectivity index (χ1n) is 5.90. The lowest BCUT2D eigenvalue weighted by molar-refractivity contribution is 0.0910. The predicted molar refractivity (Wildman–Crippen MR) is 78.9 cm³/mol.